The lowest BCUT2D eigenvalue weighted by Crippen LogP contribution is -2.38. The van der Waals surface area contributed by atoms with E-state index < -0.39 is 0 Å². The maximum atomic E-state index is 9.64. The molecule has 3 heteroatoms. The molecule has 18 heavy (non-hydrogen) atoms. The van der Waals surface area contributed by atoms with Crippen molar-refractivity contribution in [3.05, 3.63) is 35.4 Å². The predicted octanol–water partition coefficient (Wildman–Crippen LogP) is 2.00. The van der Waals surface area contributed by atoms with Crippen molar-refractivity contribution >= 4 is 0 Å². The van der Waals surface area contributed by atoms with Gasteiger partial charge in [0.1, 0.15) is 0 Å². The van der Waals surface area contributed by atoms with Crippen LogP contribution >= 0.6 is 0 Å². The predicted molar refractivity (Wildman–Crippen MR) is 72.7 cm³/mol. The highest BCUT2D eigenvalue weighted by Gasteiger charge is 2.25. The van der Waals surface area contributed by atoms with E-state index in [1.165, 1.54) is 11.1 Å². The zero-order valence-corrected chi connectivity index (χ0v) is 11.1. The molecule has 100 valence electrons. The second-order valence-corrected chi connectivity index (χ2v) is 4.73. The van der Waals surface area contributed by atoms with E-state index in [1.807, 2.05) is 6.92 Å². The maximum Gasteiger partial charge on any atom is 0.0628 e. The molecule has 1 aromatic carbocycles. The summed E-state index contributed by atoms with van der Waals surface area (Å²) in [6, 6.07) is 8.63. The van der Waals surface area contributed by atoms with Crippen molar-refractivity contribution in [3.8, 4) is 0 Å². The summed E-state index contributed by atoms with van der Waals surface area (Å²) in [5.74, 6) is 0. The molecule has 1 N–H and O–H groups in total. The molecule has 1 aliphatic rings. The number of aliphatic hydroxyl groups excluding tert-OH is 1. The average molecular weight is 249 g/mol. The summed E-state index contributed by atoms with van der Waals surface area (Å²) >= 11 is 0. The van der Waals surface area contributed by atoms with E-state index >= 15 is 0 Å². The van der Waals surface area contributed by atoms with Gasteiger partial charge in [-0.1, -0.05) is 24.3 Å². The molecule has 0 saturated carbocycles. The number of benzene rings is 1. The van der Waals surface area contributed by atoms with Gasteiger partial charge in [0, 0.05) is 26.3 Å². The molecule has 0 amide bonds. The smallest absolute Gasteiger partial charge is 0.0628 e. The van der Waals surface area contributed by atoms with Crippen LogP contribution in [-0.4, -0.2) is 42.9 Å². The fourth-order valence-corrected chi connectivity index (χ4v) is 2.70. The summed E-state index contributed by atoms with van der Waals surface area (Å²) in [6.07, 6.45) is 2.12. The summed E-state index contributed by atoms with van der Waals surface area (Å²) in [4.78, 5) is 2.38. The van der Waals surface area contributed by atoms with Gasteiger partial charge in [-0.15, -0.1) is 0 Å². The summed E-state index contributed by atoms with van der Waals surface area (Å²) in [7, 11) is 0. The van der Waals surface area contributed by atoms with Crippen molar-refractivity contribution in [1.82, 2.24) is 4.90 Å². The SMILES string of the molecule is CCOCCCN1CCc2ccccc2C1CO. The van der Waals surface area contributed by atoms with Gasteiger partial charge in [0.15, 0.2) is 0 Å². The molecule has 2 rings (SSSR count). The molecule has 0 fully saturated rings. The van der Waals surface area contributed by atoms with E-state index in [4.69, 9.17) is 4.74 Å². The highest BCUT2D eigenvalue weighted by atomic mass is 16.5. The largest absolute Gasteiger partial charge is 0.394 e. The molecule has 1 heterocycles. The Labute approximate surface area is 109 Å². The van der Waals surface area contributed by atoms with Gasteiger partial charge in [0.05, 0.1) is 12.6 Å². The first-order valence-electron chi connectivity index (χ1n) is 6.87. The van der Waals surface area contributed by atoms with Crippen molar-refractivity contribution in [1.29, 1.82) is 0 Å². The van der Waals surface area contributed by atoms with Gasteiger partial charge in [-0.05, 0) is 30.9 Å². The van der Waals surface area contributed by atoms with Gasteiger partial charge >= 0.3 is 0 Å². The van der Waals surface area contributed by atoms with E-state index in [9.17, 15) is 5.11 Å². The van der Waals surface area contributed by atoms with Gasteiger partial charge in [-0.3, -0.25) is 4.90 Å². The third-order valence-corrected chi connectivity index (χ3v) is 3.63. The fourth-order valence-electron chi connectivity index (χ4n) is 2.70. The van der Waals surface area contributed by atoms with Gasteiger partial charge in [-0.25, -0.2) is 0 Å². The zero-order chi connectivity index (χ0) is 12.8. The highest BCUT2D eigenvalue weighted by molar-refractivity contribution is 5.32. The number of rotatable bonds is 6. The lowest BCUT2D eigenvalue weighted by molar-refractivity contribution is 0.0907. The van der Waals surface area contributed by atoms with Gasteiger partial charge in [0.2, 0.25) is 0 Å². The number of ether oxygens (including phenoxy) is 1. The third kappa shape index (κ3) is 3.10. The molecule has 0 spiro atoms. The number of hydrogen-bond acceptors (Lipinski definition) is 3. The van der Waals surface area contributed by atoms with Crippen LogP contribution in [0.2, 0.25) is 0 Å². The molecular weight excluding hydrogens is 226 g/mol. The quantitative estimate of drug-likeness (QED) is 0.783. The molecule has 0 bridgehead atoms. The van der Waals surface area contributed by atoms with Crippen molar-refractivity contribution < 1.29 is 9.84 Å². The summed E-state index contributed by atoms with van der Waals surface area (Å²) in [5.41, 5.74) is 2.68. The topological polar surface area (TPSA) is 32.7 Å². The first-order valence-corrected chi connectivity index (χ1v) is 6.87. The van der Waals surface area contributed by atoms with Gasteiger partial charge < -0.3 is 9.84 Å². The molecule has 1 aromatic rings. The minimum atomic E-state index is 0.163. The van der Waals surface area contributed by atoms with E-state index in [-0.39, 0.29) is 12.6 Å². The van der Waals surface area contributed by atoms with Crippen molar-refractivity contribution in [2.24, 2.45) is 0 Å². The lowest BCUT2D eigenvalue weighted by Gasteiger charge is -2.36. The summed E-state index contributed by atoms with van der Waals surface area (Å²) < 4.78 is 5.37. The van der Waals surface area contributed by atoms with Crippen molar-refractivity contribution in [2.75, 3.05) is 32.9 Å². The molecule has 1 unspecified atom stereocenters. The van der Waals surface area contributed by atoms with Crippen molar-refractivity contribution in [2.45, 2.75) is 25.8 Å². The Morgan fingerprint density at radius 1 is 1.39 bits per heavy atom. The molecule has 0 aromatic heterocycles. The van der Waals surface area contributed by atoms with E-state index in [1.54, 1.807) is 0 Å². The fraction of sp³-hybridized carbons (Fsp3) is 0.600. The first kappa shape index (κ1) is 13.5. The molecule has 0 saturated heterocycles. The molecule has 0 aliphatic carbocycles. The molecular formula is C15H23NO2. The summed E-state index contributed by atoms with van der Waals surface area (Å²) in [5, 5.41) is 9.64. The van der Waals surface area contributed by atoms with E-state index in [0.29, 0.717) is 0 Å². The summed E-state index contributed by atoms with van der Waals surface area (Å²) in [6.45, 7) is 5.85. The van der Waals surface area contributed by atoms with Crippen LogP contribution in [0.3, 0.4) is 0 Å². The Morgan fingerprint density at radius 3 is 3.00 bits per heavy atom. The second-order valence-electron chi connectivity index (χ2n) is 4.73. The minimum Gasteiger partial charge on any atom is -0.394 e. The number of hydrogen-bond donors (Lipinski definition) is 1. The van der Waals surface area contributed by atoms with Crippen LogP contribution in [-0.2, 0) is 11.2 Å². The Bertz CT molecular complexity index is 367. The minimum absolute atomic E-state index is 0.163. The molecule has 0 radical (unpaired) electrons. The zero-order valence-electron chi connectivity index (χ0n) is 11.1. The Hall–Kier alpha value is -0.900. The maximum absolute atomic E-state index is 9.64. The van der Waals surface area contributed by atoms with E-state index in [0.717, 1.165) is 39.1 Å². The molecule has 1 aliphatic heterocycles. The Balaban J connectivity index is 1.97. The molecule has 1 atom stereocenters. The van der Waals surface area contributed by atoms with Crippen LogP contribution in [0.1, 0.15) is 30.5 Å². The van der Waals surface area contributed by atoms with Crippen LogP contribution < -0.4 is 0 Å². The second kappa shape index (κ2) is 6.88. The normalized spacial score (nSPS) is 19.8. The standard InChI is InChI=1S/C15H23NO2/c1-2-18-11-5-9-16-10-8-13-6-3-4-7-14(13)15(16)12-17/h3-4,6-7,15,17H,2,5,8-12H2,1H3. The lowest BCUT2D eigenvalue weighted by atomic mass is 9.93. The third-order valence-electron chi connectivity index (χ3n) is 3.63. The van der Waals surface area contributed by atoms with Crippen LogP contribution in [0.5, 0.6) is 0 Å². The van der Waals surface area contributed by atoms with Gasteiger partial charge in [-0.2, -0.15) is 0 Å². The average Bonchev–Trinajstić information content (AvgIpc) is 2.43. The Morgan fingerprint density at radius 2 is 2.22 bits per heavy atom. The van der Waals surface area contributed by atoms with Crippen molar-refractivity contribution in [3.63, 3.8) is 0 Å². The number of nitrogens with zero attached hydrogens (tertiary/aromatic N) is 1. The highest BCUT2D eigenvalue weighted by Crippen LogP contribution is 2.29. The van der Waals surface area contributed by atoms with Crippen LogP contribution in [0.15, 0.2) is 24.3 Å². The van der Waals surface area contributed by atoms with Crippen LogP contribution in [0.4, 0.5) is 0 Å². The van der Waals surface area contributed by atoms with Crippen LogP contribution in [0, 0.1) is 0 Å². The van der Waals surface area contributed by atoms with E-state index in [2.05, 4.69) is 29.2 Å². The monoisotopic (exact) mass is 249 g/mol. The van der Waals surface area contributed by atoms with Crippen LogP contribution in [0.25, 0.3) is 0 Å². The Kier molecular flexibility index (Phi) is 5.17. The van der Waals surface area contributed by atoms with Gasteiger partial charge in [0.25, 0.3) is 0 Å². The number of fused-ring (bicyclic) bond motifs is 1. The first-order chi connectivity index (χ1) is 8.86. The number of aliphatic hydroxyl groups is 1. The molecule has 3 nitrogen and oxygen atoms in total.